The molecule has 7 heteroatoms. The molecule has 7 nitrogen and oxygen atoms in total. The second-order valence-corrected chi connectivity index (χ2v) is 5.66. The number of imide groups is 2. The highest BCUT2D eigenvalue weighted by atomic mass is 16.2. The van der Waals surface area contributed by atoms with Gasteiger partial charge in [0.1, 0.15) is 12.0 Å². The molecule has 1 spiro atoms. The van der Waals surface area contributed by atoms with Crippen molar-refractivity contribution in [3.05, 3.63) is 0 Å². The summed E-state index contributed by atoms with van der Waals surface area (Å²) < 4.78 is 0. The first-order valence-corrected chi connectivity index (χ1v) is 6.83. The summed E-state index contributed by atoms with van der Waals surface area (Å²) in [6.45, 7) is 3.23. The average molecular weight is 281 g/mol. The molecule has 2 aliphatic rings. The molecule has 1 saturated carbocycles. The summed E-state index contributed by atoms with van der Waals surface area (Å²) in [6.07, 6.45) is 2.43. The molecule has 0 aromatic heterocycles. The van der Waals surface area contributed by atoms with Crippen molar-refractivity contribution in [1.29, 1.82) is 0 Å². The van der Waals surface area contributed by atoms with Crippen LogP contribution in [0.2, 0.25) is 0 Å². The monoisotopic (exact) mass is 281 g/mol. The van der Waals surface area contributed by atoms with E-state index in [4.69, 9.17) is 0 Å². The van der Waals surface area contributed by atoms with Crippen molar-refractivity contribution in [2.45, 2.75) is 45.6 Å². The number of barbiturate groups is 1. The van der Waals surface area contributed by atoms with E-state index < -0.39 is 29.2 Å². The highest BCUT2D eigenvalue weighted by Gasteiger charge is 2.55. The van der Waals surface area contributed by atoms with Crippen molar-refractivity contribution >= 4 is 23.8 Å². The van der Waals surface area contributed by atoms with Crippen LogP contribution in [-0.4, -0.2) is 41.2 Å². The Hall–Kier alpha value is -1.92. The fraction of sp³-hybridized carbons (Fsp3) is 0.692. The van der Waals surface area contributed by atoms with E-state index >= 15 is 0 Å². The van der Waals surface area contributed by atoms with Crippen LogP contribution in [0.25, 0.3) is 0 Å². The van der Waals surface area contributed by atoms with E-state index in [2.05, 4.69) is 10.6 Å². The minimum absolute atomic E-state index is 0.0764. The molecule has 0 atom stereocenters. The summed E-state index contributed by atoms with van der Waals surface area (Å²) in [5.74, 6) is -1.47. The van der Waals surface area contributed by atoms with Gasteiger partial charge in [-0.15, -0.1) is 0 Å². The molecular weight excluding hydrogens is 262 g/mol. The number of hydrogen-bond acceptors (Lipinski definition) is 4. The lowest BCUT2D eigenvalue weighted by Crippen LogP contribution is -2.64. The molecule has 1 aliphatic carbocycles. The van der Waals surface area contributed by atoms with Crippen molar-refractivity contribution in [1.82, 2.24) is 15.5 Å². The lowest BCUT2D eigenvalue weighted by molar-refractivity contribution is -0.152. The molecule has 110 valence electrons. The second-order valence-electron chi connectivity index (χ2n) is 5.66. The third-order valence-corrected chi connectivity index (χ3v) is 3.76. The van der Waals surface area contributed by atoms with Crippen LogP contribution in [0.4, 0.5) is 4.79 Å². The Labute approximate surface area is 117 Å². The van der Waals surface area contributed by atoms with E-state index in [0.29, 0.717) is 12.8 Å². The Kier molecular flexibility index (Phi) is 3.78. The number of carbonyl (C=O) groups is 4. The average Bonchev–Trinajstić information content (AvgIpc) is 2.82. The van der Waals surface area contributed by atoms with Gasteiger partial charge in [-0.25, -0.2) is 4.79 Å². The Morgan fingerprint density at radius 1 is 1.30 bits per heavy atom. The van der Waals surface area contributed by atoms with E-state index in [-0.39, 0.29) is 12.6 Å². The van der Waals surface area contributed by atoms with Gasteiger partial charge < -0.3 is 5.32 Å². The number of hydrogen-bond donors (Lipinski definition) is 2. The molecule has 0 aromatic carbocycles. The van der Waals surface area contributed by atoms with Crippen LogP contribution in [0.5, 0.6) is 0 Å². The van der Waals surface area contributed by atoms with Crippen molar-refractivity contribution in [2.75, 3.05) is 6.54 Å². The smallest absolute Gasteiger partial charge is 0.331 e. The molecule has 2 N–H and O–H groups in total. The highest BCUT2D eigenvalue weighted by molar-refractivity contribution is 6.20. The predicted molar refractivity (Wildman–Crippen MR) is 69.4 cm³/mol. The van der Waals surface area contributed by atoms with Gasteiger partial charge in [-0.1, -0.05) is 12.8 Å². The van der Waals surface area contributed by atoms with Crippen LogP contribution >= 0.6 is 0 Å². The van der Waals surface area contributed by atoms with E-state index in [1.165, 1.54) is 0 Å². The standard InChI is InChI=1S/C13H19N3O4/c1-8(2)14-9(17)7-16-11(19)13(5-3-4-6-13)10(18)15-12(16)20/h8H,3-7H2,1-2H3,(H,14,17)(H,15,18,20). The second kappa shape index (κ2) is 5.22. The van der Waals surface area contributed by atoms with Crippen LogP contribution in [0.3, 0.4) is 0 Å². The zero-order chi connectivity index (χ0) is 14.9. The summed E-state index contributed by atoms with van der Waals surface area (Å²) in [5, 5.41) is 4.82. The van der Waals surface area contributed by atoms with Crippen molar-refractivity contribution in [3.8, 4) is 0 Å². The van der Waals surface area contributed by atoms with E-state index in [0.717, 1.165) is 17.7 Å². The van der Waals surface area contributed by atoms with Crippen LogP contribution in [0.1, 0.15) is 39.5 Å². The molecule has 0 aromatic rings. The summed E-state index contributed by atoms with van der Waals surface area (Å²) in [5.41, 5.74) is -1.15. The number of carbonyl (C=O) groups excluding carboxylic acids is 4. The first-order valence-electron chi connectivity index (χ1n) is 6.83. The molecule has 1 saturated heterocycles. The molecule has 0 bridgehead atoms. The Morgan fingerprint density at radius 3 is 2.45 bits per heavy atom. The van der Waals surface area contributed by atoms with Gasteiger partial charge in [0.2, 0.25) is 17.7 Å². The third-order valence-electron chi connectivity index (χ3n) is 3.76. The number of rotatable bonds is 3. The minimum atomic E-state index is -1.15. The number of urea groups is 1. The van der Waals surface area contributed by atoms with E-state index in [9.17, 15) is 19.2 Å². The Bertz CT molecular complexity index is 466. The molecule has 0 radical (unpaired) electrons. The topological polar surface area (TPSA) is 95.6 Å². The number of amides is 5. The number of nitrogens with zero attached hydrogens (tertiary/aromatic N) is 1. The van der Waals surface area contributed by atoms with Crippen LogP contribution in [0, 0.1) is 5.41 Å². The molecule has 20 heavy (non-hydrogen) atoms. The van der Waals surface area contributed by atoms with Gasteiger partial charge in [0.05, 0.1) is 0 Å². The van der Waals surface area contributed by atoms with Crippen molar-refractivity contribution < 1.29 is 19.2 Å². The van der Waals surface area contributed by atoms with Crippen LogP contribution in [0.15, 0.2) is 0 Å². The normalized spacial score (nSPS) is 21.6. The first-order chi connectivity index (χ1) is 9.36. The summed E-state index contributed by atoms with van der Waals surface area (Å²) in [7, 11) is 0. The molecule has 2 fully saturated rings. The SMILES string of the molecule is CC(C)NC(=O)CN1C(=O)NC(=O)C2(CCCC2)C1=O. The Morgan fingerprint density at radius 2 is 1.90 bits per heavy atom. The molecule has 1 aliphatic heterocycles. The van der Waals surface area contributed by atoms with Gasteiger partial charge in [-0.3, -0.25) is 24.6 Å². The van der Waals surface area contributed by atoms with Gasteiger partial charge in [0.15, 0.2) is 0 Å². The predicted octanol–water partition coefficient (Wildman–Crippen LogP) is 0.150. The van der Waals surface area contributed by atoms with Crippen LogP contribution in [-0.2, 0) is 14.4 Å². The zero-order valence-electron chi connectivity index (χ0n) is 11.7. The number of nitrogens with one attached hydrogen (secondary N) is 2. The van der Waals surface area contributed by atoms with Crippen molar-refractivity contribution in [3.63, 3.8) is 0 Å². The highest BCUT2D eigenvalue weighted by Crippen LogP contribution is 2.41. The Balaban J connectivity index is 2.16. The van der Waals surface area contributed by atoms with Gasteiger partial charge in [-0.05, 0) is 26.7 Å². The summed E-state index contributed by atoms with van der Waals surface area (Å²) in [4.78, 5) is 48.8. The molecule has 0 unspecified atom stereocenters. The maximum Gasteiger partial charge on any atom is 0.331 e. The molecule has 2 rings (SSSR count). The lowest BCUT2D eigenvalue weighted by Gasteiger charge is -2.36. The quantitative estimate of drug-likeness (QED) is 0.720. The largest absolute Gasteiger partial charge is 0.352 e. The first kappa shape index (κ1) is 14.5. The van der Waals surface area contributed by atoms with Gasteiger partial charge in [-0.2, -0.15) is 0 Å². The lowest BCUT2D eigenvalue weighted by atomic mass is 9.82. The fourth-order valence-electron chi connectivity index (χ4n) is 2.81. The zero-order valence-corrected chi connectivity index (χ0v) is 11.7. The maximum absolute atomic E-state index is 12.5. The van der Waals surface area contributed by atoms with Gasteiger partial charge in [0.25, 0.3) is 0 Å². The molecule has 1 heterocycles. The van der Waals surface area contributed by atoms with Crippen LogP contribution < -0.4 is 10.6 Å². The molecule has 5 amide bonds. The van der Waals surface area contributed by atoms with Gasteiger partial charge in [0, 0.05) is 6.04 Å². The van der Waals surface area contributed by atoms with Gasteiger partial charge >= 0.3 is 6.03 Å². The minimum Gasteiger partial charge on any atom is -0.352 e. The summed E-state index contributed by atoms with van der Waals surface area (Å²) in [6, 6.07) is -0.885. The molecular formula is C13H19N3O4. The fourth-order valence-corrected chi connectivity index (χ4v) is 2.81. The summed E-state index contributed by atoms with van der Waals surface area (Å²) >= 11 is 0. The van der Waals surface area contributed by atoms with Crippen molar-refractivity contribution in [2.24, 2.45) is 5.41 Å². The van der Waals surface area contributed by atoms with E-state index in [1.54, 1.807) is 13.8 Å². The third kappa shape index (κ3) is 2.39. The maximum atomic E-state index is 12.5. The van der Waals surface area contributed by atoms with E-state index in [1.807, 2.05) is 0 Å².